The number of hydrogen-bond acceptors (Lipinski definition) is 6. The molecule has 2 heterocycles. The summed E-state index contributed by atoms with van der Waals surface area (Å²) < 4.78 is 29.8. The average molecular weight is 445 g/mol. The molecule has 0 saturated heterocycles. The minimum Gasteiger partial charge on any atom is -0.367 e. The molecular formula is C21H28N6O3S. The first kappa shape index (κ1) is 20.3. The van der Waals surface area contributed by atoms with Crippen molar-refractivity contribution in [1.29, 1.82) is 0 Å². The number of fused-ring (bicyclic) bond motifs is 3. The molecule has 3 N–H and O–H groups in total. The number of amides is 2. The van der Waals surface area contributed by atoms with Gasteiger partial charge in [-0.2, -0.15) is 5.10 Å². The van der Waals surface area contributed by atoms with E-state index in [0.717, 1.165) is 55.3 Å². The van der Waals surface area contributed by atoms with Gasteiger partial charge in [-0.05, 0) is 74.9 Å². The van der Waals surface area contributed by atoms with E-state index in [2.05, 4.69) is 31.4 Å². The fourth-order valence-corrected chi connectivity index (χ4v) is 6.01. The van der Waals surface area contributed by atoms with E-state index in [-0.39, 0.29) is 10.9 Å². The van der Waals surface area contributed by atoms with E-state index in [1.165, 1.54) is 17.3 Å². The Balaban J connectivity index is 1.37. The Kier molecular flexibility index (Phi) is 4.93. The molecule has 0 fully saturated rings. The summed E-state index contributed by atoms with van der Waals surface area (Å²) in [4.78, 5) is 14.8. The summed E-state index contributed by atoms with van der Waals surface area (Å²) in [5.74, 6) is 0.417. The second kappa shape index (κ2) is 7.52. The van der Waals surface area contributed by atoms with Crippen LogP contribution in [0.1, 0.15) is 35.1 Å². The first-order chi connectivity index (χ1) is 14.8. The molecule has 5 rings (SSSR count). The number of likely N-dealkylation sites (N-methyl/N-ethyl adjacent to an activating group) is 1. The Labute approximate surface area is 182 Å². The van der Waals surface area contributed by atoms with Crippen LogP contribution in [0.4, 0.5) is 16.3 Å². The second-order valence-corrected chi connectivity index (χ2v) is 10.5. The van der Waals surface area contributed by atoms with Crippen LogP contribution in [-0.4, -0.2) is 55.8 Å². The summed E-state index contributed by atoms with van der Waals surface area (Å²) >= 11 is 0. The molecule has 0 saturated carbocycles. The van der Waals surface area contributed by atoms with Gasteiger partial charge in [-0.1, -0.05) is 6.07 Å². The highest BCUT2D eigenvalue weighted by Crippen LogP contribution is 2.38. The van der Waals surface area contributed by atoms with Gasteiger partial charge in [0, 0.05) is 18.3 Å². The lowest BCUT2D eigenvalue weighted by atomic mass is 9.99. The number of nitrogens with zero attached hydrogens (tertiary/aromatic N) is 3. The molecule has 1 unspecified atom stereocenters. The minimum atomic E-state index is -4.07. The molecule has 1 atom stereocenters. The molecule has 1 aromatic heterocycles. The molecule has 166 valence electrons. The summed E-state index contributed by atoms with van der Waals surface area (Å²) in [6, 6.07) is 1.76. The second-order valence-electron chi connectivity index (χ2n) is 8.83. The predicted molar refractivity (Wildman–Crippen MR) is 118 cm³/mol. The molecule has 2 aromatic rings. The Morgan fingerprint density at radius 2 is 1.84 bits per heavy atom. The van der Waals surface area contributed by atoms with Gasteiger partial charge in [0.25, 0.3) is 10.0 Å². The number of benzene rings is 1. The highest BCUT2D eigenvalue weighted by Gasteiger charge is 2.31. The van der Waals surface area contributed by atoms with Crippen molar-refractivity contribution in [3.8, 4) is 0 Å². The van der Waals surface area contributed by atoms with E-state index in [9.17, 15) is 13.2 Å². The predicted octanol–water partition coefficient (Wildman–Crippen LogP) is 1.73. The monoisotopic (exact) mass is 444 g/mol. The summed E-state index contributed by atoms with van der Waals surface area (Å²) in [7, 11) is -0.118. The lowest BCUT2D eigenvalue weighted by molar-refractivity contribution is 0.256. The van der Waals surface area contributed by atoms with Crippen LogP contribution in [0, 0.1) is 0 Å². The van der Waals surface area contributed by atoms with Crippen molar-refractivity contribution < 1.29 is 13.2 Å². The summed E-state index contributed by atoms with van der Waals surface area (Å²) in [5, 5.41) is 10.2. The van der Waals surface area contributed by atoms with Crippen molar-refractivity contribution in [2.24, 2.45) is 0 Å². The Morgan fingerprint density at radius 1 is 1.16 bits per heavy atom. The van der Waals surface area contributed by atoms with Gasteiger partial charge in [-0.15, -0.1) is 0 Å². The Hall–Kier alpha value is -2.59. The van der Waals surface area contributed by atoms with Gasteiger partial charge in [-0.3, -0.25) is 0 Å². The van der Waals surface area contributed by atoms with Crippen LogP contribution >= 0.6 is 0 Å². The number of carbonyl (C=O) groups is 1. The van der Waals surface area contributed by atoms with Crippen LogP contribution in [0.5, 0.6) is 0 Å². The third-order valence-corrected chi connectivity index (χ3v) is 7.99. The number of rotatable bonds is 4. The van der Waals surface area contributed by atoms with Gasteiger partial charge in [0.15, 0.2) is 0 Å². The number of urea groups is 1. The topological polar surface area (TPSA) is 108 Å². The van der Waals surface area contributed by atoms with Crippen LogP contribution in [0.15, 0.2) is 17.2 Å². The maximum Gasteiger partial charge on any atom is 0.333 e. The molecular weight excluding hydrogens is 416 g/mol. The van der Waals surface area contributed by atoms with Crippen LogP contribution in [-0.2, 0) is 42.3 Å². The fraction of sp³-hybridized carbons (Fsp3) is 0.524. The Bertz CT molecular complexity index is 1120. The largest absolute Gasteiger partial charge is 0.367 e. The average Bonchev–Trinajstić information content (AvgIpc) is 3.45. The quantitative estimate of drug-likeness (QED) is 0.663. The van der Waals surface area contributed by atoms with Gasteiger partial charge >= 0.3 is 6.03 Å². The van der Waals surface area contributed by atoms with Crippen LogP contribution < -0.4 is 15.4 Å². The zero-order chi connectivity index (χ0) is 21.8. The highest BCUT2D eigenvalue weighted by atomic mass is 32.2. The number of aryl methyl sites for hydroxylation is 2. The number of sulfonamides is 1. The van der Waals surface area contributed by atoms with Crippen molar-refractivity contribution >= 4 is 27.6 Å². The summed E-state index contributed by atoms with van der Waals surface area (Å²) in [6.45, 7) is 1.19. The lowest BCUT2D eigenvalue weighted by Crippen LogP contribution is -2.42. The van der Waals surface area contributed by atoms with Crippen molar-refractivity contribution in [3.63, 3.8) is 0 Å². The molecule has 2 amide bonds. The molecule has 0 spiro atoms. The van der Waals surface area contributed by atoms with Gasteiger partial charge in [0.2, 0.25) is 0 Å². The lowest BCUT2D eigenvalue weighted by Gasteiger charge is -2.30. The third kappa shape index (κ3) is 3.57. The zero-order valence-electron chi connectivity index (χ0n) is 17.9. The number of carbonyl (C=O) groups excluding carboxylic acids is 1. The fourth-order valence-electron chi connectivity index (χ4n) is 4.99. The van der Waals surface area contributed by atoms with E-state index in [4.69, 9.17) is 0 Å². The van der Waals surface area contributed by atoms with Crippen LogP contribution in [0.2, 0.25) is 0 Å². The van der Waals surface area contributed by atoms with E-state index in [1.807, 2.05) is 14.1 Å². The van der Waals surface area contributed by atoms with Crippen molar-refractivity contribution in [1.82, 2.24) is 19.4 Å². The maximum atomic E-state index is 13.0. The molecule has 31 heavy (non-hydrogen) atoms. The molecule has 0 radical (unpaired) electrons. The van der Waals surface area contributed by atoms with Crippen molar-refractivity contribution in [3.05, 3.63) is 34.5 Å². The van der Waals surface area contributed by atoms with Crippen molar-refractivity contribution in [2.75, 3.05) is 31.3 Å². The normalized spacial score (nSPS) is 19.5. The number of nitrogens with one attached hydrogen (secondary N) is 3. The molecule has 1 aromatic carbocycles. The van der Waals surface area contributed by atoms with Gasteiger partial charge in [0.05, 0.1) is 12.7 Å². The van der Waals surface area contributed by atoms with Crippen molar-refractivity contribution in [2.45, 2.75) is 56.0 Å². The number of anilines is 2. The van der Waals surface area contributed by atoms with Gasteiger partial charge < -0.3 is 15.5 Å². The SMILES string of the molecule is CN(C)C1CNc2c(S(=O)(=O)NC(=O)Nc3c4c(cc5c3CCC5)CCC4)cnn2C1. The first-order valence-corrected chi connectivity index (χ1v) is 12.3. The minimum absolute atomic E-state index is 0.0108. The first-order valence-electron chi connectivity index (χ1n) is 10.8. The maximum absolute atomic E-state index is 13.0. The van der Waals surface area contributed by atoms with E-state index < -0.39 is 16.1 Å². The molecule has 10 heteroatoms. The highest BCUT2D eigenvalue weighted by molar-refractivity contribution is 7.90. The summed E-state index contributed by atoms with van der Waals surface area (Å²) in [5.41, 5.74) is 5.70. The van der Waals surface area contributed by atoms with Crippen LogP contribution in [0.25, 0.3) is 0 Å². The van der Waals surface area contributed by atoms with E-state index >= 15 is 0 Å². The molecule has 3 aliphatic rings. The van der Waals surface area contributed by atoms with E-state index in [0.29, 0.717) is 18.9 Å². The van der Waals surface area contributed by atoms with E-state index in [1.54, 1.807) is 4.68 Å². The van der Waals surface area contributed by atoms with Gasteiger partial charge in [-0.25, -0.2) is 22.6 Å². The molecule has 0 bridgehead atoms. The molecule has 1 aliphatic heterocycles. The third-order valence-electron chi connectivity index (χ3n) is 6.65. The van der Waals surface area contributed by atoms with Gasteiger partial charge in [0.1, 0.15) is 10.7 Å². The number of hydrogen-bond donors (Lipinski definition) is 3. The van der Waals surface area contributed by atoms with Crippen LogP contribution in [0.3, 0.4) is 0 Å². The molecule has 2 aliphatic carbocycles. The Morgan fingerprint density at radius 3 is 2.48 bits per heavy atom. The standard InChI is InChI=1S/C21H28N6O3S/c1-26(2)15-10-22-20-18(11-23-27(20)12-15)31(29,30)25-21(28)24-19-16-7-3-5-13(16)9-14-6-4-8-17(14)19/h9,11,15,22H,3-8,10,12H2,1-2H3,(H2,24,25,28). The number of aromatic nitrogens is 2. The molecule has 9 nitrogen and oxygen atoms in total. The smallest absolute Gasteiger partial charge is 0.333 e. The zero-order valence-corrected chi connectivity index (χ0v) is 18.7. The summed E-state index contributed by atoms with van der Waals surface area (Å²) in [6.07, 6.45) is 7.29.